The summed E-state index contributed by atoms with van der Waals surface area (Å²) < 4.78 is 10.3. The van der Waals surface area contributed by atoms with Crippen molar-refractivity contribution in [2.45, 2.75) is 6.92 Å². The van der Waals surface area contributed by atoms with E-state index in [2.05, 4.69) is 15.3 Å². The minimum atomic E-state index is -0.745. The van der Waals surface area contributed by atoms with Crippen molar-refractivity contribution in [2.75, 3.05) is 11.9 Å². The highest BCUT2D eigenvalue weighted by Gasteiger charge is 2.17. The Kier molecular flexibility index (Phi) is 6.13. The summed E-state index contributed by atoms with van der Waals surface area (Å²) in [6.45, 7) is 1.78. The maximum atomic E-state index is 12.7. The molecule has 172 valence electrons. The summed E-state index contributed by atoms with van der Waals surface area (Å²) in [6, 6.07) is 11.5. The number of phenols is 2. The molecule has 0 aliphatic rings. The van der Waals surface area contributed by atoms with Crippen LogP contribution in [0.25, 0.3) is 22.2 Å². The number of nitrogens with zero attached hydrogens (tertiary/aromatic N) is 1. The van der Waals surface area contributed by atoms with E-state index in [1.807, 2.05) is 0 Å². The average molecular weight is 461 g/mol. The lowest BCUT2D eigenvalue weighted by atomic mass is 10.1. The third-order valence-electron chi connectivity index (χ3n) is 4.85. The van der Waals surface area contributed by atoms with Crippen LogP contribution in [0.5, 0.6) is 17.2 Å². The van der Waals surface area contributed by atoms with Gasteiger partial charge >= 0.3 is 12.1 Å². The van der Waals surface area contributed by atoms with Crippen LogP contribution in [-0.2, 0) is 4.74 Å². The first-order chi connectivity index (χ1) is 16.4. The molecule has 10 heteroatoms. The van der Waals surface area contributed by atoms with Crippen molar-refractivity contribution < 1.29 is 29.3 Å². The number of carbonyl (C=O) groups is 2. The van der Waals surface area contributed by atoms with Gasteiger partial charge < -0.3 is 24.7 Å². The average Bonchev–Trinajstić information content (AvgIpc) is 2.82. The van der Waals surface area contributed by atoms with Crippen molar-refractivity contribution in [1.29, 1.82) is 0 Å². The van der Waals surface area contributed by atoms with Crippen molar-refractivity contribution in [3.63, 3.8) is 0 Å². The highest BCUT2D eigenvalue weighted by Crippen LogP contribution is 2.34. The number of esters is 1. The minimum Gasteiger partial charge on any atom is -0.504 e. The fraction of sp³-hybridized carbons (Fsp3) is 0.0833. The minimum absolute atomic E-state index is 0.0781. The van der Waals surface area contributed by atoms with Gasteiger partial charge in [-0.15, -0.1) is 0 Å². The Balaban J connectivity index is 1.77. The van der Waals surface area contributed by atoms with Crippen molar-refractivity contribution in [3.8, 4) is 28.5 Å². The molecule has 0 saturated heterocycles. The highest BCUT2D eigenvalue weighted by atomic mass is 16.5. The molecule has 4 rings (SSSR count). The third kappa shape index (κ3) is 4.51. The number of benzene rings is 2. The second kappa shape index (κ2) is 9.33. The summed E-state index contributed by atoms with van der Waals surface area (Å²) in [5.41, 5.74) is 0.861. The van der Waals surface area contributed by atoms with Crippen molar-refractivity contribution in [2.24, 2.45) is 0 Å². The molecule has 10 nitrogen and oxygen atoms in total. The molecule has 1 amide bonds. The van der Waals surface area contributed by atoms with E-state index in [-0.39, 0.29) is 34.5 Å². The molecule has 0 unspecified atom stereocenters. The van der Waals surface area contributed by atoms with Gasteiger partial charge in [0.15, 0.2) is 16.9 Å². The highest BCUT2D eigenvalue weighted by molar-refractivity contribution is 5.95. The van der Waals surface area contributed by atoms with E-state index < -0.39 is 29.0 Å². The zero-order valence-electron chi connectivity index (χ0n) is 17.9. The molecule has 0 aliphatic carbocycles. The number of fused-ring (bicyclic) bond motifs is 1. The molecule has 2 aromatic carbocycles. The first-order valence-electron chi connectivity index (χ1n) is 10.2. The Hall–Kier alpha value is -4.86. The molecule has 2 aromatic heterocycles. The van der Waals surface area contributed by atoms with Crippen LogP contribution in [0.3, 0.4) is 0 Å². The lowest BCUT2D eigenvalue weighted by molar-refractivity contribution is 0.0734. The van der Waals surface area contributed by atoms with Crippen LogP contribution in [-0.4, -0.2) is 38.9 Å². The Morgan fingerprint density at radius 1 is 1.12 bits per heavy atom. The van der Waals surface area contributed by atoms with Gasteiger partial charge in [0.05, 0.1) is 34.5 Å². The molecule has 0 radical (unpaired) electrons. The van der Waals surface area contributed by atoms with E-state index in [9.17, 15) is 24.6 Å². The van der Waals surface area contributed by atoms with Crippen LogP contribution in [0.2, 0.25) is 0 Å². The number of H-pyrrole nitrogens is 1. The van der Waals surface area contributed by atoms with Crippen LogP contribution < -0.4 is 15.5 Å². The molecule has 4 N–H and O–H groups in total. The van der Waals surface area contributed by atoms with Crippen molar-refractivity contribution in [3.05, 3.63) is 76.7 Å². The van der Waals surface area contributed by atoms with Gasteiger partial charge in [-0.25, -0.2) is 9.59 Å². The van der Waals surface area contributed by atoms with Gasteiger partial charge in [0.25, 0.3) is 0 Å². The number of anilines is 1. The van der Waals surface area contributed by atoms with Crippen molar-refractivity contribution in [1.82, 2.24) is 9.97 Å². The summed E-state index contributed by atoms with van der Waals surface area (Å²) in [5.74, 6) is -1.46. The standard InChI is InChI=1S/C24H19N3O7/c1-2-33-24(32)27-17-10-14(34-23(31)13-4-3-9-25-12-13)5-6-15(17)18-11-20(29)21-16(26-18)7-8-19(28)22(21)30/h3-12,28,30H,2H2,1H3,(H,26,29)(H,27,32). The smallest absolute Gasteiger partial charge is 0.411 e. The Bertz CT molecular complexity index is 1450. The van der Waals surface area contributed by atoms with Gasteiger partial charge in [0, 0.05) is 30.1 Å². The molecule has 0 saturated carbocycles. The van der Waals surface area contributed by atoms with E-state index in [1.165, 1.54) is 42.7 Å². The Morgan fingerprint density at radius 3 is 2.68 bits per heavy atom. The molecular weight excluding hydrogens is 442 g/mol. The number of aromatic nitrogens is 2. The first-order valence-corrected chi connectivity index (χ1v) is 10.2. The van der Waals surface area contributed by atoms with Crippen LogP contribution in [0.1, 0.15) is 17.3 Å². The number of aromatic amines is 1. The summed E-state index contributed by atoms with van der Waals surface area (Å²) in [6.07, 6.45) is 2.14. The molecular formula is C24H19N3O7. The number of hydrogen-bond acceptors (Lipinski definition) is 8. The lowest BCUT2D eigenvalue weighted by Crippen LogP contribution is -2.15. The maximum absolute atomic E-state index is 12.7. The normalized spacial score (nSPS) is 10.6. The molecule has 34 heavy (non-hydrogen) atoms. The largest absolute Gasteiger partial charge is 0.504 e. The topological polar surface area (TPSA) is 151 Å². The zero-order valence-corrected chi connectivity index (χ0v) is 17.9. The number of ether oxygens (including phenoxy) is 2. The third-order valence-corrected chi connectivity index (χ3v) is 4.85. The molecule has 0 fully saturated rings. The molecule has 2 heterocycles. The molecule has 0 bridgehead atoms. The summed E-state index contributed by atoms with van der Waals surface area (Å²) in [5, 5.41) is 22.2. The predicted octanol–water partition coefficient (Wildman–Crippen LogP) is 3.79. The van der Waals surface area contributed by atoms with Crippen molar-refractivity contribution >= 4 is 28.7 Å². The number of hydrogen-bond donors (Lipinski definition) is 4. The SMILES string of the molecule is CCOC(=O)Nc1cc(OC(=O)c2cccnc2)ccc1-c1cc(=O)c2c(O)c(O)ccc2[nH]1. The lowest BCUT2D eigenvalue weighted by Gasteiger charge is -2.14. The number of amides is 1. The maximum Gasteiger partial charge on any atom is 0.411 e. The number of carbonyl (C=O) groups excluding carboxylic acids is 2. The van der Waals surface area contributed by atoms with E-state index in [0.717, 1.165) is 0 Å². The first kappa shape index (κ1) is 22.3. The van der Waals surface area contributed by atoms with Gasteiger partial charge in [0.2, 0.25) is 0 Å². The second-order valence-electron chi connectivity index (χ2n) is 7.09. The van der Waals surface area contributed by atoms with Crippen LogP contribution in [0, 0.1) is 0 Å². The quantitative estimate of drug-likeness (QED) is 0.199. The molecule has 0 spiro atoms. The van der Waals surface area contributed by atoms with E-state index in [0.29, 0.717) is 11.3 Å². The second-order valence-corrected chi connectivity index (χ2v) is 7.09. The van der Waals surface area contributed by atoms with Crippen LogP contribution >= 0.6 is 0 Å². The van der Waals surface area contributed by atoms with Gasteiger partial charge in [-0.05, 0) is 43.3 Å². The number of pyridine rings is 2. The molecule has 0 atom stereocenters. The van der Waals surface area contributed by atoms with Gasteiger partial charge in [-0.3, -0.25) is 15.1 Å². The number of rotatable bonds is 5. The fourth-order valence-corrected chi connectivity index (χ4v) is 3.32. The molecule has 0 aliphatic heterocycles. The van der Waals surface area contributed by atoms with Gasteiger partial charge in [-0.2, -0.15) is 0 Å². The molecule has 4 aromatic rings. The van der Waals surface area contributed by atoms with E-state index in [4.69, 9.17) is 9.47 Å². The summed E-state index contributed by atoms with van der Waals surface area (Å²) in [4.78, 5) is 44.1. The van der Waals surface area contributed by atoms with Gasteiger partial charge in [0.1, 0.15) is 5.75 Å². The summed E-state index contributed by atoms with van der Waals surface area (Å²) in [7, 11) is 0. The summed E-state index contributed by atoms with van der Waals surface area (Å²) >= 11 is 0. The fourth-order valence-electron chi connectivity index (χ4n) is 3.32. The predicted molar refractivity (Wildman–Crippen MR) is 123 cm³/mol. The van der Waals surface area contributed by atoms with E-state index >= 15 is 0 Å². The van der Waals surface area contributed by atoms with E-state index in [1.54, 1.807) is 25.1 Å². The number of aromatic hydroxyl groups is 2. The van der Waals surface area contributed by atoms with Crippen LogP contribution in [0.4, 0.5) is 10.5 Å². The Morgan fingerprint density at radius 2 is 1.94 bits per heavy atom. The number of nitrogens with one attached hydrogen (secondary N) is 2. The van der Waals surface area contributed by atoms with Gasteiger partial charge in [-0.1, -0.05) is 0 Å². The Labute approximate surface area is 192 Å². The van der Waals surface area contributed by atoms with Crippen LogP contribution in [0.15, 0.2) is 65.7 Å². The number of phenolic OH excluding ortho intramolecular Hbond substituents is 2. The monoisotopic (exact) mass is 461 g/mol. The zero-order chi connectivity index (χ0) is 24.2.